The van der Waals surface area contributed by atoms with Gasteiger partial charge in [-0.15, -0.1) is 6.58 Å². The molecule has 0 amide bonds. The summed E-state index contributed by atoms with van der Waals surface area (Å²) in [5, 5.41) is 10.8. The zero-order chi connectivity index (χ0) is 15.3. The average molecular weight is 283 g/mol. The van der Waals surface area contributed by atoms with Gasteiger partial charge in [0.25, 0.3) is 0 Å². The van der Waals surface area contributed by atoms with E-state index < -0.39 is 28.0 Å². The number of rotatable bonds is 6. The molecular formula is C13H14FNO5. The Morgan fingerprint density at radius 1 is 1.50 bits per heavy atom. The van der Waals surface area contributed by atoms with Gasteiger partial charge in [-0.1, -0.05) is 5.57 Å². The molecule has 1 aromatic rings. The van der Waals surface area contributed by atoms with Crippen molar-refractivity contribution in [1.82, 2.24) is 0 Å². The maximum absolute atomic E-state index is 13.6. The standard InChI is InChI=1S/C13H14FNO5/c1-8(2)4-5-20-12-6-9(13(16)19-3)10(14)7-11(12)15(17)18/h6-7H,1,4-5H2,2-3H3. The van der Waals surface area contributed by atoms with Crippen molar-refractivity contribution >= 4 is 11.7 Å². The van der Waals surface area contributed by atoms with Gasteiger partial charge in [0.05, 0.1) is 30.3 Å². The molecule has 0 N–H and O–H groups in total. The highest BCUT2D eigenvalue weighted by Gasteiger charge is 2.23. The number of halogens is 1. The normalized spacial score (nSPS) is 9.95. The lowest BCUT2D eigenvalue weighted by Crippen LogP contribution is -2.08. The van der Waals surface area contributed by atoms with Crippen molar-refractivity contribution < 1.29 is 23.6 Å². The number of methoxy groups -OCH3 is 1. The van der Waals surface area contributed by atoms with E-state index in [4.69, 9.17) is 4.74 Å². The summed E-state index contributed by atoms with van der Waals surface area (Å²) >= 11 is 0. The first-order valence-electron chi connectivity index (χ1n) is 5.70. The van der Waals surface area contributed by atoms with E-state index in [0.29, 0.717) is 12.5 Å². The maximum atomic E-state index is 13.6. The minimum absolute atomic E-state index is 0.141. The molecule has 0 aliphatic carbocycles. The highest BCUT2D eigenvalue weighted by atomic mass is 19.1. The van der Waals surface area contributed by atoms with Gasteiger partial charge in [0, 0.05) is 12.5 Å². The molecule has 0 heterocycles. The van der Waals surface area contributed by atoms with Crippen LogP contribution in [-0.2, 0) is 4.74 Å². The summed E-state index contributed by atoms with van der Waals surface area (Å²) in [7, 11) is 1.09. The summed E-state index contributed by atoms with van der Waals surface area (Å²) < 4.78 is 23.2. The van der Waals surface area contributed by atoms with Crippen molar-refractivity contribution in [3.05, 3.63) is 45.8 Å². The molecule has 1 aromatic carbocycles. The van der Waals surface area contributed by atoms with Crippen LogP contribution in [0.2, 0.25) is 0 Å². The molecule has 0 radical (unpaired) electrons. The Bertz CT molecular complexity index is 556. The van der Waals surface area contributed by atoms with Gasteiger partial charge in [0.15, 0.2) is 5.75 Å². The van der Waals surface area contributed by atoms with E-state index in [0.717, 1.165) is 18.7 Å². The van der Waals surface area contributed by atoms with Gasteiger partial charge >= 0.3 is 11.7 Å². The number of carbonyl (C=O) groups excluding carboxylic acids is 1. The Morgan fingerprint density at radius 3 is 2.65 bits per heavy atom. The number of benzene rings is 1. The number of esters is 1. The molecule has 6 nitrogen and oxygen atoms in total. The Morgan fingerprint density at radius 2 is 2.15 bits per heavy atom. The smallest absolute Gasteiger partial charge is 0.340 e. The fourth-order valence-corrected chi connectivity index (χ4v) is 1.40. The molecule has 7 heteroatoms. The number of hydrogen-bond acceptors (Lipinski definition) is 5. The number of ether oxygens (including phenoxy) is 2. The summed E-state index contributed by atoms with van der Waals surface area (Å²) in [6, 6.07) is 1.61. The molecule has 20 heavy (non-hydrogen) atoms. The average Bonchev–Trinajstić information content (AvgIpc) is 2.38. The first kappa shape index (κ1) is 15.6. The SMILES string of the molecule is C=C(C)CCOc1cc(C(=O)OC)c(F)cc1[N+](=O)[O-]. The quantitative estimate of drug-likeness (QED) is 0.347. The fourth-order valence-electron chi connectivity index (χ4n) is 1.40. The van der Waals surface area contributed by atoms with Crippen LogP contribution >= 0.6 is 0 Å². The molecule has 0 bridgehead atoms. The zero-order valence-corrected chi connectivity index (χ0v) is 11.1. The lowest BCUT2D eigenvalue weighted by Gasteiger charge is -2.09. The second-order valence-electron chi connectivity index (χ2n) is 4.10. The van der Waals surface area contributed by atoms with Crippen molar-refractivity contribution in [3.63, 3.8) is 0 Å². The Hall–Kier alpha value is -2.44. The lowest BCUT2D eigenvalue weighted by molar-refractivity contribution is -0.386. The molecule has 0 saturated carbocycles. The molecule has 0 saturated heterocycles. The van der Waals surface area contributed by atoms with Gasteiger partial charge < -0.3 is 9.47 Å². The summed E-state index contributed by atoms with van der Waals surface area (Å²) in [6.45, 7) is 5.59. The van der Waals surface area contributed by atoms with Crippen LogP contribution in [0.3, 0.4) is 0 Å². The van der Waals surface area contributed by atoms with Crippen molar-refractivity contribution in [2.75, 3.05) is 13.7 Å². The van der Waals surface area contributed by atoms with Gasteiger partial charge in [-0.2, -0.15) is 0 Å². The minimum Gasteiger partial charge on any atom is -0.486 e. The van der Waals surface area contributed by atoms with Crippen molar-refractivity contribution in [1.29, 1.82) is 0 Å². The van der Waals surface area contributed by atoms with E-state index in [-0.39, 0.29) is 12.4 Å². The molecule has 0 aliphatic heterocycles. The molecule has 0 aromatic heterocycles. The van der Waals surface area contributed by atoms with Crippen molar-refractivity contribution in [3.8, 4) is 5.75 Å². The summed E-state index contributed by atoms with van der Waals surface area (Å²) in [6.07, 6.45) is 0.488. The van der Waals surface area contributed by atoms with Crippen LogP contribution in [0.4, 0.5) is 10.1 Å². The minimum atomic E-state index is -1.03. The van der Waals surface area contributed by atoms with Crippen molar-refractivity contribution in [2.45, 2.75) is 13.3 Å². The largest absolute Gasteiger partial charge is 0.486 e. The topological polar surface area (TPSA) is 78.7 Å². The number of nitrogens with zero attached hydrogens (tertiary/aromatic N) is 1. The third-order valence-electron chi connectivity index (χ3n) is 2.44. The second kappa shape index (κ2) is 6.65. The monoisotopic (exact) mass is 283 g/mol. The molecule has 0 fully saturated rings. The summed E-state index contributed by atoms with van der Waals surface area (Å²) in [5.41, 5.74) is -0.122. The first-order valence-corrected chi connectivity index (χ1v) is 5.70. The molecular weight excluding hydrogens is 269 g/mol. The van der Waals surface area contributed by atoms with Crippen LogP contribution in [0.25, 0.3) is 0 Å². The van der Waals surface area contributed by atoms with Crippen LogP contribution in [0.15, 0.2) is 24.3 Å². The van der Waals surface area contributed by atoms with Crippen LogP contribution in [0.1, 0.15) is 23.7 Å². The van der Waals surface area contributed by atoms with Gasteiger partial charge in [0.2, 0.25) is 0 Å². The van der Waals surface area contributed by atoms with Gasteiger partial charge in [0.1, 0.15) is 5.82 Å². The van der Waals surface area contributed by atoms with Crippen LogP contribution in [0.5, 0.6) is 5.75 Å². The van der Waals surface area contributed by atoms with E-state index in [1.807, 2.05) is 0 Å². The molecule has 0 unspecified atom stereocenters. The molecule has 1 rings (SSSR count). The summed E-state index contributed by atoms with van der Waals surface area (Å²) in [4.78, 5) is 21.4. The number of nitro benzene ring substituents is 1. The van der Waals surface area contributed by atoms with Gasteiger partial charge in [-0.05, 0) is 6.92 Å². The summed E-state index contributed by atoms with van der Waals surface area (Å²) in [5.74, 6) is -2.14. The van der Waals surface area contributed by atoms with E-state index in [2.05, 4.69) is 11.3 Å². The maximum Gasteiger partial charge on any atom is 0.340 e. The molecule has 108 valence electrons. The van der Waals surface area contributed by atoms with Crippen LogP contribution in [0, 0.1) is 15.9 Å². The Kier molecular flexibility index (Phi) is 5.19. The molecule has 0 atom stereocenters. The van der Waals surface area contributed by atoms with Crippen LogP contribution < -0.4 is 4.74 Å². The van der Waals surface area contributed by atoms with Gasteiger partial charge in [-0.25, -0.2) is 9.18 Å². The number of carbonyl (C=O) groups is 1. The zero-order valence-electron chi connectivity index (χ0n) is 11.1. The first-order chi connectivity index (χ1) is 9.36. The predicted molar refractivity (Wildman–Crippen MR) is 69.3 cm³/mol. The Labute approximate surface area is 115 Å². The lowest BCUT2D eigenvalue weighted by atomic mass is 10.1. The predicted octanol–water partition coefficient (Wildman–Crippen LogP) is 2.87. The number of nitro groups is 1. The van der Waals surface area contributed by atoms with Gasteiger partial charge in [-0.3, -0.25) is 10.1 Å². The molecule has 0 spiro atoms. The molecule has 0 aliphatic rings. The van der Waals surface area contributed by atoms with E-state index in [9.17, 15) is 19.3 Å². The van der Waals surface area contributed by atoms with E-state index >= 15 is 0 Å². The third kappa shape index (κ3) is 3.78. The highest BCUT2D eigenvalue weighted by molar-refractivity contribution is 5.90. The third-order valence-corrected chi connectivity index (χ3v) is 2.44. The van der Waals surface area contributed by atoms with E-state index in [1.54, 1.807) is 6.92 Å². The Balaban J connectivity index is 3.13. The van der Waals surface area contributed by atoms with Crippen molar-refractivity contribution in [2.24, 2.45) is 0 Å². The fraction of sp³-hybridized carbons (Fsp3) is 0.308. The second-order valence-corrected chi connectivity index (χ2v) is 4.10. The van der Waals surface area contributed by atoms with Crippen LogP contribution in [-0.4, -0.2) is 24.6 Å². The van der Waals surface area contributed by atoms with E-state index in [1.165, 1.54) is 0 Å². The number of hydrogen-bond donors (Lipinski definition) is 0. The highest BCUT2D eigenvalue weighted by Crippen LogP contribution is 2.30.